The van der Waals surface area contributed by atoms with Crippen LogP contribution in [0.25, 0.3) is 10.8 Å². The molecule has 5 nitrogen and oxygen atoms in total. The zero-order chi connectivity index (χ0) is 26.9. The van der Waals surface area contributed by atoms with Crippen molar-refractivity contribution in [3.05, 3.63) is 46.5 Å². The van der Waals surface area contributed by atoms with Crippen LogP contribution in [0, 0.1) is 24.7 Å². The number of carbonyl (C=O) groups is 3. The Hall–Kier alpha value is -2.90. The summed E-state index contributed by atoms with van der Waals surface area (Å²) in [5, 5.41) is 15.7. The van der Waals surface area contributed by atoms with Gasteiger partial charge in [0.25, 0.3) is 5.91 Å². The van der Waals surface area contributed by atoms with Crippen molar-refractivity contribution in [3.8, 4) is 0 Å². The average molecular weight is 517 g/mol. The number of rotatable bonds is 6. The van der Waals surface area contributed by atoms with Gasteiger partial charge < -0.3 is 15.2 Å². The van der Waals surface area contributed by atoms with Gasteiger partial charge >= 0.3 is 6.18 Å². The minimum Gasteiger partial charge on any atom is -0.545 e. The fourth-order valence-corrected chi connectivity index (χ4v) is 5.99. The topological polar surface area (TPSA) is 86.3 Å². The van der Waals surface area contributed by atoms with Gasteiger partial charge in [0.2, 0.25) is 0 Å². The first-order valence-electron chi connectivity index (χ1n) is 13.1. The van der Waals surface area contributed by atoms with Crippen LogP contribution in [0.15, 0.2) is 24.3 Å². The maximum absolute atomic E-state index is 13.4. The molecule has 0 spiro atoms. The molecule has 0 bridgehead atoms. The largest absolute Gasteiger partial charge is 0.545 e. The monoisotopic (exact) mass is 516 g/mol. The summed E-state index contributed by atoms with van der Waals surface area (Å²) in [5.41, 5.74) is 0.948. The van der Waals surface area contributed by atoms with Gasteiger partial charge in [-0.1, -0.05) is 25.1 Å². The summed E-state index contributed by atoms with van der Waals surface area (Å²) >= 11 is 0. The van der Waals surface area contributed by atoms with Gasteiger partial charge in [-0.15, -0.1) is 0 Å². The predicted octanol–water partition coefficient (Wildman–Crippen LogP) is 5.76. The van der Waals surface area contributed by atoms with E-state index in [4.69, 9.17) is 0 Å². The molecule has 0 heterocycles. The van der Waals surface area contributed by atoms with Gasteiger partial charge in [-0.3, -0.25) is 9.59 Å². The fourth-order valence-electron chi connectivity index (χ4n) is 5.99. The molecule has 37 heavy (non-hydrogen) atoms. The lowest BCUT2D eigenvalue weighted by molar-refractivity contribution is -0.254. The number of carboxylic acids is 1. The highest BCUT2D eigenvalue weighted by Crippen LogP contribution is 2.41. The van der Waals surface area contributed by atoms with Gasteiger partial charge in [0.1, 0.15) is 0 Å². The molecule has 0 aromatic heterocycles. The first-order chi connectivity index (χ1) is 17.5. The molecular formula is C29H33F3NO4-. The van der Waals surface area contributed by atoms with Crippen molar-refractivity contribution in [1.29, 1.82) is 0 Å². The second-order valence-corrected chi connectivity index (χ2v) is 10.9. The van der Waals surface area contributed by atoms with E-state index in [0.29, 0.717) is 35.3 Å². The number of aryl methyl sites for hydroxylation is 1. The van der Waals surface area contributed by atoms with Crippen molar-refractivity contribution in [2.45, 2.75) is 83.9 Å². The van der Waals surface area contributed by atoms with Crippen LogP contribution in [-0.4, -0.2) is 29.9 Å². The number of fused-ring (bicyclic) bond motifs is 1. The summed E-state index contributed by atoms with van der Waals surface area (Å²) in [6.07, 6.45) is 0.180. The van der Waals surface area contributed by atoms with E-state index in [1.54, 1.807) is 19.1 Å². The number of ketones is 1. The van der Waals surface area contributed by atoms with Gasteiger partial charge in [0, 0.05) is 34.5 Å². The average Bonchev–Trinajstić information content (AvgIpc) is 2.84. The summed E-state index contributed by atoms with van der Waals surface area (Å²) in [5.74, 6) is -3.01. The Morgan fingerprint density at radius 2 is 1.46 bits per heavy atom. The minimum atomic E-state index is -4.22. The lowest BCUT2D eigenvalue weighted by Crippen LogP contribution is -2.37. The second-order valence-electron chi connectivity index (χ2n) is 10.9. The number of benzene rings is 2. The highest BCUT2D eigenvalue weighted by Gasteiger charge is 2.41. The molecule has 2 aliphatic rings. The fraction of sp³-hybridized carbons (Fsp3) is 0.552. The molecule has 1 N–H and O–H groups in total. The lowest BCUT2D eigenvalue weighted by atomic mass is 9.78. The number of halogens is 3. The molecule has 0 atom stereocenters. The van der Waals surface area contributed by atoms with Crippen molar-refractivity contribution in [3.63, 3.8) is 0 Å². The quantitative estimate of drug-likeness (QED) is 0.495. The number of nitrogens with one attached hydrogen (secondary N) is 1. The van der Waals surface area contributed by atoms with E-state index in [9.17, 15) is 32.7 Å². The summed E-state index contributed by atoms with van der Waals surface area (Å²) in [6.45, 7) is 3.95. The molecule has 2 aliphatic carbocycles. The highest BCUT2D eigenvalue weighted by atomic mass is 19.4. The van der Waals surface area contributed by atoms with Crippen molar-refractivity contribution < 1.29 is 32.7 Å². The third kappa shape index (κ3) is 5.99. The summed E-state index contributed by atoms with van der Waals surface area (Å²) in [6, 6.07) is 6.05. The highest BCUT2D eigenvalue weighted by molar-refractivity contribution is 6.20. The molecule has 0 unspecified atom stereocenters. The number of Topliss-reactive ketones (excluding diaryl/α,β-unsaturated/α-hetero) is 1. The number of carboxylic acid groups (broad SMARTS) is 1. The van der Waals surface area contributed by atoms with Gasteiger partial charge in [-0.05, 0) is 87.1 Å². The van der Waals surface area contributed by atoms with Crippen LogP contribution in [-0.2, 0) is 0 Å². The maximum atomic E-state index is 13.4. The number of aromatic carboxylic acids is 1. The molecule has 0 radical (unpaired) electrons. The van der Waals surface area contributed by atoms with Crippen molar-refractivity contribution in [2.75, 3.05) is 0 Å². The Morgan fingerprint density at radius 3 is 2.05 bits per heavy atom. The van der Waals surface area contributed by atoms with Crippen LogP contribution in [0.3, 0.4) is 0 Å². The summed E-state index contributed by atoms with van der Waals surface area (Å²) in [4.78, 5) is 38.7. The van der Waals surface area contributed by atoms with Gasteiger partial charge in [0.05, 0.1) is 11.9 Å². The van der Waals surface area contributed by atoms with E-state index in [-0.39, 0.29) is 59.4 Å². The molecule has 8 heteroatoms. The molecule has 2 aromatic carbocycles. The van der Waals surface area contributed by atoms with Gasteiger partial charge in [0.15, 0.2) is 5.78 Å². The Morgan fingerprint density at radius 1 is 0.865 bits per heavy atom. The first-order valence-corrected chi connectivity index (χ1v) is 13.1. The number of amides is 1. The van der Waals surface area contributed by atoms with Crippen LogP contribution in [0.1, 0.15) is 101 Å². The van der Waals surface area contributed by atoms with E-state index < -0.39 is 18.1 Å². The van der Waals surface area contributed by atoms with Crippen LogP contribution >= 0.6 is 0 Å². The molecule has 2 saturated carbocycles. The first kappa shape index (κ1) is 27.1. The smallest absolute Gasteiger partial charge is 0.391 e. The summed E-state index contributed by atoms with van der Waals surface area (Å²) < 4.78 is 39.1. The standard InChI is InChI=1S/C29H34F3NO4/c1-16-3-10-20(11-4-16)33-27(35)22-13-14-23(28(36)37)26-21(12-5-17(2)25(22)26)24(34)15-18-6-8-19(9-7-18)29(30,31)32/h5,12-14,16,18-20H,3-4,6-11,15H2,1-2H3,(H,33,35)(H,36,37)/p-1. The Labute approximate surface area is 214 Å². The molecule has 200 valence electrons. The Kier molecular flexibility index (Phi) is 7.95. The van der Waals surface area contributed by atoms with Gasteiger partial charge in [-0.25, -0.2) is 0 Å². The van der Waals surface area contributed by atoms with Gasteiger partial charge in [-0.2, -0.15) is 13.2 Å². The van der Waals surface area contributed by atoms with E-state index >= 15 is 0 Å². The van der Waals surface area contributed by atoms with Crippen LogP contribution in [0.4, 0.5) is 13.2 Å². The number of hydrogen-bond donors (Lipinski definition) is 1. The molecule has 1 amide bonds. The van der Waals surface area contributed by atoms with Crippen molar-refractivity contribution in [2.24, 2.45) is 17.8 Å². The third-order valence-corrected chi connectivity index (χ3v) is 8.27. The van der Waals surface area contributed by atoms with E-state index in [1.807, 2.05) is 0 Å². The minimum absolute atomic E-state index is 0.00927. The molecule has 0 saturated heterocycles. The van der Waals surface area contributed by atoms with Crippen LogP contribution in [0.2, 0.25) is 0 Å². The number of carbonyl (C=O) groups excluding carboxylic acids is 3. The Bertz CT molecular complexity index is 1190. The van der Waals surface area contributed by atoms with E-state index in [1.165, 1.54) is 12.1 Å². The second kappa shape index (κ2) is 10.8. The number of hydrogen-bond acceptors (Lipinski definition) is 4. The zero-order valence-corrected chi connectivity index (χ0v) is 21.2. The van der Waals surface area contributed by atoms with Crippen LogP contribution < -0.4 is 10.4 Å². The maximum Gasteiger partial charge on any atom is 0.391 e. The van der Waals surface area contributed by atoms with E-state index in [2.05, 4.69) is 12.2 Å². The molecule has 2 fully saturated rings. The number of alkyl halides is 3. The molecular weight excluding hydrogens is 483 g/mol. The Balaban J connectivity index is 1.64. The normalized spacial score (nSPS) is 24.6. The summed E-state index contributed by atoms with van der Waals surface area (Å²) in [7, 11) is 0. The van der Waals surface area contributed by atoms with Crippen LogP contribution in [0.5, 0.6) is 0 Å². The SMILES string of the molecule is Cc1ccc(C(=O)CC2CCC(C(F)(F)F)CC2)c2c(C(=O)[O-])ccc(C(=O)NC3CCC(C)CC3)c12. The van der Waals surface area contributed by atoms with Crippen molar-refractivity contribution in [1.82, 2.24) is 5.32 Å². The predicted molar refractivity (Wildman–Crippen MR) is 132 cm³/mol. The lowest BCUT2D eigenvalue weighted by Gasteiger charge is -2.29. The molecule has 4 rings (SSSR count). The molecule has 2 aromatic rings. The van der Waals surface area contributed by atoms with E-state index in [0.717, 1.165) is 25.7 Å². The third-order valence-electron chi connectivity index (χ3n) is 8.27. The van der Waals surface area contributed by atoms with Crippen molar-refractivity contribution >= 4 is 28.4 Å². The zero-order valence-electron chi connectivity index (χ0n) is 21.2. The molecule has 0 aliphatic heterocycles.